The number of anilines is 2. The van der Waals surface area contributed by atoms with Crippen LogP contribution in [-0.4, -0.2) is 28.6 Å². The SMILES string of the molecule is Cc1nc(NC(C)(C)C#N)cc(N2CCCC2)n1. The first-order valence-electron chi connectivity index (χ1n) is 6.30. The van der Waals surface area contributed by atoms with E-state index in [0.717, 1.165) is 30.5 Å². The fourth-order valence-corrected chi connectivity index (χ4v) is 2.07. The summed E-state index contributed by atoms with van der Waals surface area (Å²) in [7, 11) is 0. The molecule has 0 spiro atoms. The van der Waals surface area contributed by atoms with Crippen LogP contribution in [0.15, 0.2) is 6.07 Å². The molecule has 0 radical (unpaired) electrons. The van der Waals surface area contributed by atoms with E-state index in [0.29, 0.717) is 0 Å². The standard InChI is InChI=1S/C13H19N5/c1-10-15-11(17-13(2,3)9-14)8-12(16-10)18-6-4-5-7-18/h8H,4-7H2,1-3H3,(H,15,16,17). The number of nitrogens with zero attached hydrogens (tertiary/aromatic N) is 4. The minimum Gasteiger partial charge on any atom is -0.356 e. The van der Waals surface area contributed by atoms with Crippen LogP contribution in [0.25, 0.3) is 0 Å². The molecule has 5 heteroatoms. The number of nitriles is 1. The largest absolute Gasteiger partial charge is 0.356 e. The van der Waals surface area contributed by atoms with Crippen molar-refractivity contribution < 1.29 is 0 Å². The smallest absolute Gasteiger partial charge is 0.134 e. The second kappa shape index (κ2) is 4.81. The Kier molecular flexibility index (Phi) is 3.37. The Hall–Kier alpha value is -1.83. The number of rotatable bonds is 3. The summed E-state index contributed by atoms with van der Waals surface area (Å²) < 4.78 is 0. The zero-order valence-electron chi connectivity index (χ0n) is 11.2. The third kappa shape index (κ3) is 2.89. The zero-order valence-corrected chi connectivity index (χ0v) is 11.2. The van der Waals surface area contributed by atoms with Crippen LogP contribution in [0.4, 0.5) is 11.6 Å². The van der Waals surface area contributed by atoms with Crippen molar-refractivity contribution in [2.75, 3.05) is 23.3 Å². The molecule has 5 nitrogen and oxygen atoms in total. The van der Waals surface area contributed by atoms with Gasteiger partial charge in [-0.05, 0) is 33.6 Å². The molecular formula is C13H19N5. The van der Waals surface area contributed by atoms with Crippen molar-refractivity contribution in [3.63, 3.8) is 0 Å². The summed E-state index contributed by atoms with van der Waals surface area (Å²) in [5, 5.41) is 12.2. The highest BCUT2D eigenvalue weighted by molar-refractivity contribution is 5.51. The molecule has 0 saturated carbocycles. The van der Waals surface area contributed by atoms with Crippen molar-refractivity contribution in [2.24, 2.45) is 0 Å². The van der Waals surface area contributed by atoms with Gasteiger partial charge in [-0.25, -0.2) is 9.97 Å². The van der Waals surface area contributed by atoms with Gasteiger partial charge in [0.1, 0.15) is 23.0 Å². The molecule has 1 fully saturated rings. The van der Waals surface area contributed by atoms with E-state index in [1.807, 2.05) is 26.8 Å². The summed E-state index contributed by atoms with van der Waals surface area (Å²) in [5.74, 6) is 2.41. The van der Waals surface area contributed by atoms with Crippen LogP contribution in [0.2, 0.25) is 0 Å². The second-order valence-electron chi connectivity index (χ2n) is 5.21. The lowest BCUT2D eigenvalue weighted by atomic mass is 10.1. The summed E-state index contributed by atoms with van der Waals surface area (Å²) in [6.45, 7) is 7.65. The molecule has 1 aromatic rings. The fourth-order valence-electron chi connectivity index (χ4n) is 2.07. The number of hydrogen-bond donors (Lipinski definition) is 1. The van der Waals surface area contributed by atoms with Crippen LogP contribution in [0.5, 0.6) is 0 Å². The number of aromatic nitrogens is 2. The molecule has 96 valence electrons. The molecule has 2 rings (SSSR count). The summed E-state index contributed by atoms with van der Waals surface area (Å²) in [6, 6.07) is 4.14. The minimum absolute atomic E-state index is 0.622. The second-order valence-corrected chi connectivity index (χ2v) is 5.21. The van der Waals surface area contributed by atoms with E-state index in [1.54, 1.807) is 0 Å². The Bertz CT molecular complexity index is 469. The molecule has 1 aromatic heterocycles. The van der Waals surface area contributed by atoms with Crippen molar-refractivity contribution in [3.05, 3.63) is 11.9 Å². The molecule has 0 aliphatic carbocycles. The molecule has 1 aliphatic rings. The lowest BCUT2D eigenvalue weighted by molar-refractivity contribution is 0.721. The summed E-state index contributed by atoms with van der Waals surface area (Å²) in [5.41, 5.74) is -0.622. The van der Waals surface area contributed by atoms with E-state index in [-0.39, 0.29) is 0 Å². The van der Waals surface area contributed by atoms with Gasteiger partial charge in [-0.2, -0.15) is 5.26 Å². The summed E-state index contributed by atoms with van der Waals surface area (Å²) in [4.78, 5) is 11.1. The van der Waals surface area contributed by atoms with Crippen molar-refractivity contribution >= 4 is 11.6 Å². The first-order valence-corrected chi connectivity index (χ1v) is 6.30. The monoisotopic (exact) mass is 245 g/mol. The zero-order chi connectivity index (χ0) is 13.2. The molecule has 0 aromatic carbocycles. The highest BCUT2D eigenvalue weighted by atomic mass is 15.2. The average molecular weight is 245 g/mol. The molecule has 1 aliphatic heterocycles. The molecule has 1 saturated heterocycles. The third-order valence-corrected chi connectivity index (χ3v) is 2.97. The van der Waals surface area contributed by atoms with Crippen LogP contribution in [0, 0.1) is 18.3 Å². The fraction of sp³-hybridized carbons (Fsp3) is 0.615. The summed E-state index contributed by atoms with van der Waals surface area (Å²) >= 11 is 0. The highest BCUT2D eigenvalue weighted by Gasteiger charge is 2.19. The third-order valence-electron chi connectivity index (χ3n) is 2.97. The maximum absolute atomic E-state index is 9.04. The first kappa shape index (κ1) is 12.6. The highest BCUT2D eigenvalue weighted by Crippen LogP contribution is 2.22. The van der Waals surface area contributed by atoms with Crippen molar-refractivity contribution in [3.8, 4) is 6.07 Å². The van der Waals surface area contributed by atoms with Gasteiger partial charge in [0.2, 0.25) is 0 Å². The van der Waals surface area contributed by atoms with Crippen LogP contribution in [0.1, 0.15) is 32.5 Å². The van der Waals surface area contributed by atoms with E-state index in [2.05, 4.69) is 26.3 Å². The van der Waals surface area contributed by atoms with E-state index in [9.17, 15) is 0 Å². The Morgan fingerprint density at radius 2 is 2.00 bits per heavy atom. The van der Waals surface area contributed by atoms with E-state index >= 15 is 0 Å². The van der Waals surface area contributed by atoms with Gasteiger partial charge < -0.3 is 10.2 Å². The van der Waals surface area contributed by atoms with Crippen molar-refractivity contribution in [1.29, 1.82) is 5.26 Å². The molecule has 18 heavy (non-hydrogen) atoms. The molecule has 0 bridgehead atoms. The Balaban J connectivity index is 2.24. The van der Waals surface area contributed by atoms with Crippen LogP contribution >= 0.6 is 0 Å². The first-order chi connectivity index (χ1) is 8.50. The van der Waals surface area contributed by atoms with Gasteiger partial charge in [-0.15, -0.1) is 0 Å². The van der Waals surface area contributed by atoms with Gasteiger partial charge in [0.25, 0.3) is 0 Å². The molecular weight excluding hydrogens is 226 g/mol. The molecule has 0 unspecified atom stereocenters. The topological polar surface area (TPSA) is 64.8 Å². The maximum Gasteiger partial charge on any atom is 0.134 e. The predicted molar refractivity (Wildman–Crippen MR) is 71.5 cm³/mol. The lowest BCUT2D eigenvalue weighted by Crippen LogP contribution is -2.29. The minimum atomic E-state index is -0.622. The van der Waals surface area contributed by atoms with Crippen LogP contribution in [-0.2, 0) is 0 Å². The van der Waals surface area contributed by atoms with Crippen molar-refractivity contribution in [1.82, 2.24) is 9.97 Å². The van der Waals surface area contributed by atoms with Gasteiger partial charge in [0.05, 0.1) is 6.07 Å². The van der Waals surface area contributed by atoms with E-state index in [1.165, 1.54) is 12.8 Å². The molecule has 2 heterocycles. The van der Waals surface area contributed by atoms with E-state index in [4.69, 9.17) is 5.26 Å². The maximum atomic E-state index is 9.04. The van der Waals surface area contributed by atoms with Crippen LogP contribution < -0.4 is 10.2 Å². The van der Waals surface area contributed by atoms with Gasteiger partial charge >= 0.3 is 0 Å². The van der Waals surface area contributed by atoms with Gasteiger partial charge in [0.15, 0.2) is 0 Å². The molecule has 1 N–H and O–H groups in total. The number of aryl methyl sites for hydroxylation is 1. The number of hydrogen-bond acceptors (Lipinski definition) is 5. The lowest BCUT2D eigenvalue weighted by Gasteiger charge is -2.21. The Labute approximate surface area is 108 Å². The van der Waals surface area contributed by atoms with Gasteiger partial charge in [0, 0.05) is 19.2 Å². The normalized spacial score (nSPS) is 15.6. The van der Waals surface area contributed by atoms with Crippen LogP contribution in [0.3, 0.4) is 0 Å². The molecule has 0 amide bonds. The van der Waals surface area contributed by atoms with Gasteiger partial charge in [-0.3, -0.25) is 0 Å². The van der Waals surface area contributed by atoms with Gasteiger partial charge in [-0.1, -0.05) is 0 Å². The molecule has 0 atom stereocenters. The van der Waals surface area contributed by atoms with E-state index < -0.39 is 5.54 Å². The summed E-state index contributed by atoms with van der Waals surface area (Å²) in [6.07, 6.45) is 2.44. The Morgan fingerprint density at radius 3 is 2.61 bits per heavy atom. The Morgan fingerprint density at radius 1 is 1.33 bits per heavy atom. The van der Waals surface area contributed by atoms with Crippen molar-refractivity contribution in [2.45, 2.75) is 39.2 Å². The number of nitrogens with one attached hydrogen (secondary N) is 1. The average Bonchev–Trinajstić information content (AvgIpc) is 2.81. The quantitative estimate of drug-likeness (QED) is 0.883. The predicted octanol–water partition coefficient (Wildman–Crippen LogP) is 2.10.